The van der Waals surface area contributed by atoms with E-state index in [-0.39, 0.29) is 0 Å². The van der Waals surface area contributed by atoms with Crippen LogP contribution in [0.5, 0.6) is 5.75 Å². The molecule has 1 saturated heterocycles. The summed E-state index contributed by atoms with van der Waals surface area (Å²) in [6.07, 6.45) is 2.39. The highest BCUT2D eigenvalue weighted by atomic mass is 16.5. The number of hydrogen-bond donors (Lipinski definition) is 0. The molecular weight excluding hydrogens is 310 g/mol. The lowest BCUT2D eigenvalue weighted by atomic mass is 9.92. The maximum Gasteiger partial charge on any atom is 0.124 e. The fourth-order valence-electron chi connectivity index (χ4n) is 4.12. The van der Waals surface area contributed by atoms with Gasteiger partial charge in [-0.15, -0.1) is 0 Å². The van der Waals surface area contributed by atoms with Crippen molar-refractivity contribution in [3.05, 3.63) is 28.8 Å². The molecule has 2 aliphatic heterocycles. The van der Waals surface area contributed by atoms with Crippen LogP contribution in [0.25, 0.3) is 0 Å². The Morgan fingerprint density at radius 3 is 2.52 bits per heavy atom. The molecule has 0 saturated carbocycles. The second-order valence-corrected chi connectivity index (χ2v) is 7.76. The van der Waals surface area contributed by atoms with E-state index in [1.54, 1.807) is 0 Å². The Hall–Kier alpha value is -1.10. The standard InChI is InChI=1S/C21H35N3O/c1-5-7-24-16-19-14-21(25-6-2)20(13-18(19)12-17(24)3)15-23-10-8-22(4)9-11-23/h13-14,17H,5-12,15-16H2,1-4H3. The molecule has 1 aromatic rings. The summed E-state index contributed by atoms with van der Waals surface area (Å²) in [6, 6.07) is 5.42. The number of rotatable bonds is 6. The lowest BCUT2D eigenvalue weighted by Crippen LogP contribution is -2.44. The Bertz CT molecular complexity index is 567. The third-order valence-electron chi connectivity index (χ3n) is 5.70. The first kappa shape index (κ1) is 18.7. The van der Waals surface area contributed by atoms with E-state index in [1.807, 2.05) is 0 Å². The van der Waals surface area contributed by atoms with Crippen LogP contribution in [0.2, 0.25) is 0 Å². The zero-order valence-electron chi connectivity index (χ0n) is 16.6. The highest BCUT2D eigenvalue weighted by Crippen LogP contribution is 2.31. The number of fused-ring (bicyclic) bond motifs is 1. The molecule has 0 bridgehead atoms. The average molecular weight is 346 g/mol. The van der Waals surface area contributed by atoms with Gasteiger partial charge in [0.1, 0.15) is 5.75 Å². The predicted molar refractivity (Wildman–Crippen MR) is 104 cm³/mol. The highest BCUT2D eigenvalue weighted by Gasteiger charge is 2.24. The van der Waals surface area contributed by atoms with Crippen LogP contribution >= 0.6 is 0 Å². The molecule has 2 heterocycles. The van der Waals surface area contributed by atoms with Crippen molar-refractivity contribution >= 4 is 0 Å². The summed E-state index contributed by atoms with van der Waals surface area (Å²) < 4.78 is 6.03. The van der Waals surface area contributed by atoms with Gasteiger partial charge < -0.3 is 9.64 Å². The van der Waals surface area contributed by atoms with Gasteiger partial charge in [-0.2, -0.15) is 0 Å². The molecule has 0 spiro atoms. The third-order valence-corrected chi connectivity index (χ3v) is 5.70. The molecule has 1 aromatic carbocycles. The van der Waals surface area contributed by atoms with Gasteiger partial charge >= 0.3 is 0 Å². The summed E-state index contributed by atoms with van der Waals surface area (Å²) in [7, 11) is 2.21. The Kier molecular flexibility index (Phi) is 6.37. The van der Waals surface area contributed by atoms with Crippen molar-refractivity contribution in [2.75, 3.05) is 46.4 Å². The van der Waals surface area contributed by atoms with Gasteiger partial charge in [0.25, 0.3) is 0 Å². The van der Waals surface area contributed by atoms with E-state index in [4.69, 9.17) is 4.74 Å². The van der Waals surface area contributed by atoms with Gasteiger partial charge in [-0.1, -0.05) is 13.0 Å². The molecule has 1 fully saturated rings. The third kappa shape index (κ3) is 4.55. The van der Waals surface area contributed by atoms with E-state index in [0.717, 1.165) is 58.0 Å². The number of ether oxygens (including phenoxy) is 1. The van der Waals surface area contributed by atoms with Crippen molar-refractivity contribution in [1.82, 2.24) is 14.7 Å². The Labute approximate surface area is 153 Å². The molecule has 0 aromatic heterocycles. The van der Waals surface area contributed by atoms with E-state index in [1.165, 1.54) is 29.7 Å². The molecule has 3 rings (SSSR count). The van der Waals surface area contributed by atoms with E-state index in [9.17, 15) is 0 Å². The first-order valence-electron chi connectivity index (χ1n) is 10.0. The van der Waals surface area contributed by atoms with Crippen LogP contribution in [0.1, 0.15) is 43.9 Å². The van der Waals surface area contributed by atoms with Gasteiger partial charge in [-0.25, -0.2) is 0 Å². The fourth-order valence-corrected chi connectivity index (χ4v) is 4.12. The summed E-state index contributed by atoms with van der Waals surface area (Å²) in [5, 5.41) is 0. The molecule has 0 aliphatic carbocycles. The van der Waals surface area contributed by atoms with Crippen LogP contribution in [0.3, 0.4) is 0 Å². The van der Waals surface area contributed by atoms with Crippen molar-refractivity contribution in [2.24, 2.45) is 0 Å². The summed E-state index contributed by atoms with van der Waals surface area (Å²) in [5.74, 6) is 1.10. The minimum absolute atomic E-state index is 0.641. The molecule has 140 valence electrons. The van der Waals surface area contributed by atoms with Crippen LogP contribution in [-0.2, 0) is 19.5 Å². The lowest BCUT2D eigenvalue weighted by molar-refractivity contribution is 0.146. The first-order chi connectivity index (χ1) is 12.1. The molecule has 0 radical (unpaired) electrons. The molecule has 25 heavy (non-hydrogen) atoms. The minimum Gasteiger partial charge on any atom is -0.494 e. The number of piperazine rings is 1. The normalized spacial score (nSPS) is 22.8. The zero-order valence-corrected chi connectivity index (χ0v) is 16.6. The van der Waals surface area contributed by atoms with Crippen molar-refractivity contribution in [3.8, 4) is 5.75 Å². The summed E-state index contributed by atoms with van der Waals surface area (Å²) in [4.78, 5) is 7.59. The quantitative estimate of drug-likeness (QED) is 0.789. The molecule has 4 nitrogen and oxygen atoms in total. The second kappa shape index (κ2) is 8.52. The van der Waals surface area contributed by atoms with E-state index < -0.39 is 0 Å². The van der Waals surface area contributed by atoms with Gasteiger partial charge in [0.05, 0.1) is 6.61 Å². The smallest absolute Gasteiger partial charge is 0.124 e. The van der Waals surface area contributed by atoms with Gasteiger partial charge in [0, 0.05) is 50.9 Å². The molecule has 0 amide bonds. The van der Waals surface area contributed by atoms with E-state index >= 15 is 0 Å². The lowest BCUT2D eigenvalue weighted by Gasteiger charge is -2.36. The molecule has 4 heteroatoms. The first-order valence-corrected chi connectivity index (χ1v) is 10.0. The summed E-state index contributed by atoms with van der Waals surface area (Å²) >= 11 is 0. The monoisotopic (exact) mass is 345 g/mol. The molecule has 2 aliphatic rings. The SMILES string of the molecule is CCCN1Cc2cc(OCC)c(CN3CCN(C)CC3)cc2CC1C. The summed E-state index contributed by atoms with van der Waals surface area (Å²) in [5.41, 5.74) is 4.38. The topological polar surface area (TPSA) is 19.0 Å². The number of hydrogen-bond acceptors (Lipinski definition) is 4. The Balaban J connectivity index is 1.80. The van der Waals surface area contributed by atoms with Crippen LogP contribution in [0, 0.1) is 0 Å². The number of benzene rings is 1. The van der Waals surface area contributed by atoms with Gasteiger partial charge in [0.15, 0.2) is 0 Å². The predicted octanol–water partition coefficient (Wildman–Crippen LogP) is 2.99. The van der Waals surface area contributed by atoms with Gasteiger partial charge in [0.2, 0.25) is 0 Å². The highest BCUT2D eigenvalue weighted by molar-refractivity contribution is 5.44. The van der Waals surface area contributed by atoms with Crippen molar-refractivity contribution in [3.63, 3.8) is 0 Å². The number of nitrogens with zero attached hydrogens (tertiary/aromatic N) is 3. The zero-order chi connectivity index (χ0) is 17.8. The Morgan fingerprint density at radius 1 is 1.08 bits per heavy atom. The minimum atomic E-state index is 0.641. The van der Waals surface area contributed by atoms with E-state index in [0.29, 0.717) is 6.04 Å². The maximum atomic E-state index is 6.03. The molecular formula is C21H35N3O. The fraction of sp³-hybridized carbons (Fsp3) is 0.714. The number of likely N-dealkylation sites (N-methyl/N-ethyl adjacent to an activating group) is 1. The van der Waals surface area contributed by atoms with Crippen LogP contribution in [0.4, 0.5) is 0 Å². The summed E-state index contributed by atoms with van der Waals surface area (Å²) in [6.45, 7) is 15.4. The van der Waals surface area contributed by atoms with Crippen molar-refractivity contribution in [1.29, 1.82) is 0 Å². The average Bonchev–Trinajstić information content (AvgIpc) is 2.59. The second-order valence-electron chi connectivity index (χ2n) is 7.76. The van der Waals surface area contributed by atoms with Crippen molar-refractivity contribution in [2.45, 2.75) is 52.7 Å². The Morgan fingerprint density at radius 2 is 1.84 bits per heavy atom. The maximum absolute atomic E-state index is 6.03. The van der Waals surface area contributed by atoms with Gasteiger partial charge in [-0.05, 0) is 57.5 Å². The van der Waals surface area contributed by atoms with Crippen LogP contribution in [-0.4, -0.2) is 67.1 Å². The van der Waals surface area contributed by atoms with E-state index in [2.05, 4.69) is 54.7 Å². The van der Waals surface area contributed by atoms with Gasteiger partial charge in [-0.3, -0.25) is 9.80 Å². The molecule has 1 unspecified atom stereocenters. The van der Waals surface area contributed by atoms with Crippen molar-refractivity contribution < 1.29 is 4.74 Å². The van der Waals surface area contributed by atoms with Crippen LogP contribution < -0.4 is 4.74 Å². The molecule has 1 atom stereocenters. The van der Waals surface area contributed by atoms with Crippen LogP contribution in [0.15, 0.2) is 12.1 Å². The largest absolute Gasteiger partial charge is 0.494 e. The molecule has 0 N–H and O–H groups in total.